The number of ether oxygens (including phenoxy) is 2. The standard InChI is InChI=1S/C12H13NO4/c1-8(12(14)15)17-7-10-5-9(6-13)3-4-11(10)16-2/h3-5,8H,7H2,1-2H3,(H,14,15). The Morgan fingerprint density at radius 3 is 2.82 bits per heavy atom. The molecule has 1 aromatic rings. The predicted octanol–water partition coefficient (Wildman–Crippen LogP) is 1.56. The van der Waals surface area contributed by atoms with Crippen LogP contribution in [0.15, 0.2) is 18.2 Å². The van der Waals surface area contributed by atoms with E-state index in [4.69, 9.17) is 19.8 Å². The Bertz CT molecular complexity index is 450. The number of carboxylic acid groups (broad SMARTS) is 1. The van der Waals surface area contributed by atoms with Crippen molar-refractivity contribution in [1.82, 2.24) is 0 Å². The highest BCUT2D eigenvalue weighted by Crippen LogP contribution is 2.20. The Morgan fingerprint density at radius 1 is 1.59 bits per heavy atom. The van der Waals surface area contributed by atoms with Crippen LogP contribution < -0.4 is 4.74 Å². The monoisotopic (exact) mass is 235 g/mol. The average Bonchev–Trinajstić information content (AvgIpc) is 2.35. The summed E-state index contributed by atoms with van der Waals surface area (Å²) in [5, 5.41) is 17.4. The second-order valence-corrected chi connectivity index (χ2v) is 3.43. The Hall–Kier alpha value is -2.06. The third kappa shape index (κ3) is 3.47. The molecule has 0 aliphatic heterocycles. The van der Waals surface area contributed by atoms with Crippen LogP contribution in [0, 0.1) is 11.3 Å². The van der Waals surface area contributed by atoms with E-state index in [1.807, 2.05) is 6.07 Å². The fourth-order valence-corrected chi connectivity index (χ4v) is 1.25. The van der Waals surface area contributed by atoms with Crippen LogP contribution in [0.25, 0.3) is 0 Å². The van der Waals surface area contributed by atoms with Gasteiger partial charge in [0.05, 0.1) is 25.3 Å². The second kappa shape index (κ2) is 5.87. The number of benzene rings is 1. The van der Waals surface area contributed by atoms with E-state index in [0.29, 0.717) is 16.9 Å². The predicted molar refractivity (Wildman–Crippen MR) is 59.6 cm³/mol. The molecule has 0 heterocycles. The summed E-state index contributed by atoms with van der Waals surface area (Å²) in [5.41, 5.74) is 1.13. The van der Waals surface area contributed by atoms with E-state index in [2.05, 4.69) is 0 Å². The number of rotatable bonds is 5. The van der Waals surface area contributed by atoms with Crippen LogP contribution in [0.3, 0.4) is 0 Å². The molecule has 0 saturated carbocycles. The molecule has 17 heavy (non-hydrogen) atoms. The van der Waals surface area contributed by atoms with E-state index in [1.54, 1.807) is 18.2 Å². The Balaban J connectivity index is 2.82. The van der Waals surface area contributed by atoms with Crippen molar-refractivity contribution in [2.45, 2.75) is 19.6 Å². The minimum absolute atomic E-state index is 0.0894. The van der Waals surface area contributed by atoms with Crippen molar-refractivity contribution in [3.63, 3.8) is 0 Å². The molecule has 1 atom stereocenters. The molecule has 0 aliphatic rings. The van der Waals surface area contributed by atoms with Crippen molar-refractivity contribution in [1.29, 1.82) is 5.26 Å². The lowest BCUT2D eigenvalue weighted by Crippen LogP contribution is -2.19. The van der Waals surface area contributed by atoms with Crippen molar-refractivity contribution in [3.8, 4) is 11.8 Å². The van der Waals surface area contributed by atoms with Crippen molar-refractivity contribution in [2.75, 3.05) is 7.11 Å². The van der Waals surface area contributed by atoms with Crippen molar-refractivity contribution in [2.24, 2.45) is 0 Å². The summed E-state index contributed by atoms with van der Waals surface area (Å²) in [6, 6.07) is 6.90. The zero-order valence-electron chi connectivity index (χ0n) is 9.64. The highest BCUT2D eigenvalue weighted by molar-refractivity contribution is 5.71. The molecule has 90 valence electrons. The molecular formula is C12H13NO4. The van der Waals surface area contributed by atoms with Crippen molar-refractivity contribution < 1.29 is 19.4 Å². The van der Waals surface area contributed by atoms with Gasteiger partial charge in [-0.3, -0.25) is 0 Å². The number of aliphatic carboxylic acids is 1. The first-order valence-corrected chi connectivity index (χ1v) is 5.00. The first kappa shape index (κ1) is 13.0. The van der Waals surface area contributed by atoms with Gasteiger partial charge in [-0.25, -0.2) is 4.79 Å². The Kier molecular flexibility index (Phi) is 4.49. The fraction of sp³-hybridized carbons (Fsp3) is 0.333. The third-order valence-electron chi connectivity index (χ3n) is 2.25. The third-order valence-corrected chi connectivity index (χ3v) is 2.25. The summed E-state index contributed by atoms with van der Waals surface area (Å²) in [6.07, 6.45) is -0.898. The van der Waals surface area contributed by atoms with Crippen LogP contribution in [-0.2, 0) is 16.1 Å². The van der Waals surface area contributed by atoms with E-state index in [9.17, 15) is 4.79 Å². The van der Waals surface area contributed by atoms with Gasteiger partial charge in [-0.15, -0.1) is 0 Å². The van der Waals surface area contributed by atoms with Gasteiger partial charge in [0.1, 0.15) is 5.75 Å². The summed E-state index contributed by atoms with van der Waals surface area (Å²) in [6.45, 7) is 1.54. The minimum atomic E-state index is -1.03. The minimum Gasteiger partial charge on any atom is -0.496 e. The van der Waals surface area contributed by atoms with Crippen LogP contribution in [0.2, 0.25) is 0 Å². The lowest BCUT2D eigenvalue weighted by atomic mass is 10.1. The maximum absolute atomic E-state index is 10.6. The molecule has 0 aliphatic carbocycles. The zero-order valence-corrected chi connectivity index (χ0v) is 9.64. The van der Waals surface area contributed by atoms with Gasteiger partial charge in [0.25, 0.3) is 0 Å². The largest absolute Gasteiger partial charge is 0.496 e. The second-order valence-electron chi connectivity index (χ2n) is 3.43. The topological polar surface area (TPSA) is 79.5 Å². The number of nitriles is 1. The van der Waals surface area contributed by atoms with Gasteiger partial charge in [-0.05, 0) is 25.1 Å². The maximum atomic E-state index is 10.6. The fourth-order valence-electron chi connectivity index (χ4n) is 1.25. The molecule has 1 N–H and O–H groups in total. The van der Waals surface area contributed by atoms with Crippen LogP contribution in [0.4, 0.5) is 0 Å². The number of methoxy groups -OCH3 is 1. The first-order valence-electron chi connectivity index (χ1n) is 5.00. The van der Waals surface area contributed by atoms with Gasteiger partial charge < -0.3 is 14.6 Å². The van der Waals surface area contributed by atoms with E-state index >= 15 is 0 Å². The number of carboxylic acids is 1. The number of nitrogens with zero attached hydrogens (tertiary/aromatic N) is 1. The molecule has 0 fully saturated rings. The molecule has 0 aromatic heterocycles. The SMILES string of the molecule is COc1ccc(C#N)cc1COC(C)C(=O)O. The molecule has 5 nitrogen and oxygen atoms in total. The lowest BCUT2D eigenvalue weighted by molar-refractivity contribution is -0.149. The zero-order chi connectivity index (χ0) is 12.8. The molecule has 5 heteroatoms. The molecule has 1 unspecified atom stereocenters. The van der Waals surface area contributed by atoms with Gasteiger partial charge >= 0.3 is 5.97 Å². The Morgan fingerprint density at radius 2 is 2.29 bits per heavy atom. The molecule has 1 aromatic carbocycles. The number of hydrogen-bond acceptors (Lipinski definition) is 4. The number of carbonyl (C=O) groups is 1. The quantitative estimate of drug-likeness (QED) is 0.837. The average molecular weight is 235 g/mol. The molecule has 0 bridgehead atoms. The lowest BCUT2D eigenvalue weighted by Gasteiger charge is -2.11. The summed E-state index contributed by atoms with van der Waals surface area (Å²) in [7, 11) is 1.51. The van der Waals surface area contributed by atoms with Gasteiger partial charge in [0.15, 0.2) is 6.10 Å². The van der Waals surface area contributed by atoms with E-state index < -0.39 is 12.1 Å². The Labute approximate surface area is 99.2 Å². The normalized spacial score (nSPS) is 11.6. The van der Waals surface area contributed by atoms with E-state index in [1.165, 1.54) is 14.0 Å². The van der Waals surface area contributed by atoms with Crippen LogP contribution in [-0.4, -0.2) is 24.3 Å². The molecule has 0 amide bonds. The van der Waals surface area contributed by atoms with Gasteiger partial charge in [-0.2, -0.15) is 5.26 Å². The maximum Gasteiger partial charge on any atom is 0.332 e. The molecule has 0 radical (unpaired) electrons. The van der Waals surface area contributed by atoms with E-state index in [-0.39, 0.29) is 6.61 Å². The molecule has 1 rings (SSSR count). The van der Waals surface area contributed by atoms with Crippen LogP contribution in [0.5, 0.6) is 5.75 Å². The summed E-state index contributed by atoms with van der Waals surface area (Å²) < 4.78 is 10.2. The molecule has 0 saturated heterocycles. The molecular weight excluding hydrogens is 222 g/mol. The summed E-state index contributed by atoms with van der Waals surface area (Å²) in [4.78, 5) is 10.6. The summed E-state index contributed by atoms with van der Waals surface area (Å²) >= 11 is 0. The van der Waals surface area contributed by atoms with Crippen LogP contribution >= 0.6 is 0 Å². The molecule has 0 spiro atoms. The van der Waals surface area contributed by atoms with Gasteiger partial charge in [0, 0.05) is 5.56 Å². The van der Waals surface area contributed by atoms with E-state index in [0.717, 1.165) is 0 Å². The highest BCUT2D eigenvalue weighted by atomic mass is 16.5. The summed E-state index contributed by atoms with van der Waals surface area (Å²) in [5.74, 6) is -0.456. The smallest absolute Gasteiger partial charge is 0.332 e. The highest BCUT2D eigenvalue weighted by Gasteiger charge is 2.13. The first-order chi connectivity index (χ1) is 8.08. The van der Waals surface area contributed by atoms with Crippen molar-refractivity contribution >= 4 is 5.97 Å². The number of hydrogen-bond donors (Lipinski definition) is 1. The van der Waals surface area contributed by atoms with Gasteiger partial charge in [-0.1, -0.05) is 0 Å². The van der Waals surface area contributed by atoms with Crippen molar-refractivity contribution in [3.05, 3.63) is 29.3 Å². The van der Waals surface area contributed by atoms with Gasteiger partial charge in [0.2, 0.25) is 0 Å². The van der Waals surface area contributed by atoms with Crippen LogP contribution in [0.1, 0.15) is 18.1 Å².